The van der Waals surface area contributed by atoms with Crippen molar-refractivity contribution in [3.63, 3.8) is 0 Å². The monoisotopic (exact) mass is 335 g/mol. The molecule has 0 spiro atoms. The van der Waals surface area contributed by atoms with Gasteiger partial charge in [0.25, 0.3) is 0 Å². The molecule has 0 bridgehead atoms. The number of aliphatic hydroxyl groups excluding tert-OH is 1. The Kier molecular flexibility index (Phi) is 5.58. The van der Waals surface area contributed by atoms with E-state index in [4.69, 9.17) is 17.3 Å². The van der Waals surface area contributed by atoms with Gasteiger partial charge in [0.05, 0.1) is 17.7 Å². The molecule has 0 aliphatic rings. The minimum Gasteiger partial charge on any atom is -0.386 e. The highest BCUT2D eigenvalue weighted by atomic mass is 35.5. The van der Waals surface area contributed by atoms with E-state index in [0.717, 1.165) is 11.3 Å². The number of aliphatic hydroxyl groups is 1. The number of aryl methyl sites for hydroxylation is 2. The normalized spacial score (nSPS) is 13.0. The number of halogens is 2. The zero-order chi connectivity index (χ0) is 17.0. The lowest BCUT2D eigenvalue weighted by atomic mass is 10.1. The fraction of sp³-hybridized carbons (Fsp3) is 0.235. The molecule has 0 aliphatic heterocycles. The first-order valence-corrected chi connectivity index (χ1v) is 7.52. The second-order valence-electron chi connectivity index (χ2n) is 5.34. The van der Waals surface area contributed by atoms with Crippen LogP contribution >= 0.6 is 11.6 Å². The number of nitrogens with one attached hydrogen (secondary N) is 1. The maximum Gasteiger partial charge on any atom is 0.193 e. The van der Waals surface area contributed by atoms with Gasteiger partial charge in [-0.25, -0.2) is 4.39 Å². The van der Waals surface area contributed by atoms with Crippen molar-refractivity contribution in [3.05, 3.63) is 63.9 Å². The van der Waals surface area contributed by atoms with Gasteiger partial charge in [0.2, 0.25) is 0 Å². The second-order valence-corrected chi connectivity index (χ2v) is 5.75. The van der Waals surface area contributed by atoms with Crippen LogP contribution in [0.4, 0.5) is 10.1 Å². The number of anilines is 1. The summed E-state index contributed by atoms with van der Waals surface area (Å²) in [6.07, 6.45) is -0.957. The summed E-state index contributed by atoms with van der Waals surface area (Å²) >= 11 is 5.61. The molecule has 2 aromatic carbocycles. The second kappa shape index (κ2) is 7.44. The van der Waals surface area contributed by atoms with E-state index < -0.39 is 11.9 Å². The lowest BCUT2D eigenvalue weighted by Crippen LogP contribution is -2.23. The standard InChI is InChI=1S/C17H19ClFN3O/c1-10-3-5-13(7-11(10)2)22-17(20)21-9-16(23)12-4-6-14(18)15(19)8-12/h3-8,16,23H,9H2,1-2H3,(H3,20,21,22). The fourth-order valence-electron chi connectivity index (χ4n) is 2.02. The van der Waals surface area contributed by atoms with Gasteiger partial charge in [-0.15, -0.1) is 0 Å². The number of aliphatic imine (C=N–C) groups is 1. The van der Waals surface area contributed by atoms with Gasteiger partial charge in [-0.05, 0) is 54.8 Å². The van der Waals surface area contributed by atoms with Crippen LogP contribution in [-0.2, 0) is 0 Å². The quantitative estimate of drug-likeness (QED) is 0.591. The summed E-state index contributed by atoms with van der Waals surface area (Å²) in [6.45, 7) is 4.05. The number of hydrogen-bond donors (Lipinski definition) is 3. The van der Waals surface area contributed by atoms with Crippen LogP contribution in [0, 0.1) is 19.7 Å². The first kappa shape index (κ1) is 17.2. The molecule has 122 valence electrons. The molecule has 0 heterocycles. The Morgan fingerprint density at radius 1 is 1.26 bits per heavy atom. The molecule has 0 saturated carbocycles. The predicted octanol–water partition coefficient (Wildman–Crippen LogP) is 3.56. The third-order valence-corrected chi connectivity index (χ3v) is 3.85. The lowest BCUT2D eigenvalue weighted by Gasteiger charge is -2.11. The molecule has 4 nitrogen and oxygen atoms in total. The van der Waals surface area contributed by atoms with Crippen LogP contribution in [0.2, 0.25) is 5.02 Å². The molecule has 0 radical (unpaired) electrons. The van der Waals surface area contributed by atoms with Crippen molar-refractivity contribution in [2.45, 2.75) is 20.0 Å². The number of nitrogens with two attached hydrogens (primary N) is 1. The number of hydrogen-bond acceptors (Lipinski definition) is 2. The molecule has 0 saturated heterocycles. The van der Waals surface area contributed by atoms with Gasteiger partial charge in [-0.3, -0.25) is 4.99 Å². The third kappa shape index (κ3) is 4.68. The summed E-state index contributed by atoms with van der Waals surface area (Å²) in [5.41, 5.74) is 9.35. The topological polar surface area (TPSA) is 70.6 Å². The van der Waals surface area contributed by atoms with Gasteiger partial charge in [0.15, 0.2) is 5.96 Å². The number of benzene rings is 2. The summed E-state index contributed by atoms with van der Waals surface area (Å²) in [5, 5.41) is 13.0. The zero-order valence-corrected chi connectivity index (χ0v) is 13.7. The van der Waals surface area contributed by atoms with Gasteiger partial charge in [-0.2, -0.15) is 0 Å². The largest absolute Gasteiger partial charge is 0.386 e. The fourth-order valence-corrected chi connectivity index (χ4v) is 2.13. The molecule has 0 amide bonds. The van der Waals surface area contributed by atoms with E-state index in [-0.39, 0.29) is 17.5 Å². The van der Waals surface area contributed by atoms with Gasteiger partial charge in [0.1, 0.15) is 5.82 Å². The van der Waals surface area contributed by atoms with E-state index in [9.17, 15) is 9.50 Å². The molecule has 2 aromatic rings. The average molecular weight is 336 g/mol. The molecule has 0 fully saturated rings. The van der Waals surface area contributed by atoms with Gasteiger partial charge in [-0.1, -0.05) is 23.7 Å². The van der Waals surface area contributed by atoms with Crippen molar-refractivity contribution < 1.29 is 9.50 Å². The summed E-state index contributed by atoms with van der Waals surface area (Å²) in [6, 6.07) is 9.98. The van der Waals surface area contributed by atoms with Crippen LogP contribution in [0.15, 0.2) is 41.4 Å². The summed E-state index contributed by atoms with van der Waals surface area (Å²) < 4.78 is 13.4. The van der Waals surface area contributed by atoms with Crippen LogP contribution < -0.4 is 11.1 Å². The molecule has 0 aromatic heterocycles. The first-order valence-electron chi connectivity index (χ1n) is 7.14. The van der Waals surface area contributed by atoms with E-state index in [1.165, 1.54) is 17.7 Å². The molecular weight excluding hydrogens is 317 g/mol. The Bertz CT molecular complexity index is 734. The van der Waals surface area contributed by atoms with Crippen LogP contribution in [-0.4, -0.2) is 17.6 Å². The molecule has 2 rings (SSSR count). The van der Waals surface area contributed by atoms with Crippen molar-refractivity contribution in [2.75, 3.05) is 11.9 Å². The van der Waals surface area contributed by atoms with Crippen molar-refractivity contribution in [2.24, 2.45) is 10.7 Å². The van der Waals surface area contributed by atoms with E-state index >= 15 is 0 Å². The highest BCUT2D eigenvalue weighted by Gasteiger charge is 2.10. The minimum absolute atomic E-state index is 0.0142. The Morgan fingerprint density at radius 2 is 2.00 bits per heavy atom. The molecule has 0 aliphatic carbocycles. The molecule has 23 heavy (non-hydrogen) atoms. The van der Waals surface area contributed by atoms with Crippen molar-refractivity contribution in [3.8, 4) is 0 Å². The van der Waals surface area contributed by atoms with Crippen LogP contribution in [0.3, 0.4) is 0 Å². The SMILES string of the molecule is Cc1ccc(NC(N)=NCC(O)c2ccc(Cl)c(F)c2)cc1C. The highest BCUT2D eigenvalue weighted by Crippen LogP contribution is 2.20. The summed E-state index contributed by atoms with van der Waals surface area (Å²) in [5.74, 6) is -0.393. The van der Waals surface area contributed by atoms with E-state index in [2.05, 4.69) is 10.3 Å². The summed E-state index contributed by atoms with van der Waals surface area (Å²) in [4.78, 5) is 4.08. The Hall–Kier alpha value is -2.11. The van der Waals surface area contributed by atoms with Gasteiger partial charge >= 0.3 is 0 Å². The number of rotatable bonds is 4. The van der Waals surface area contributed by atoms with Crippen molar-refractivity contribution >= 4 is 23.2 Å². The molecular formula is C17H19ClFN3O. The molecule has 1 unspecified atom stereocenters. The molecule has 1 atom stereocenters. The maximum atomic E-state index is 13.4. The van der Waals surface area contributed by atoms with Crippen molar-refractivity contribution in [1.29, 1.82) is 0 Å². The van der Waals surface area contributed by atoms with Gasteiger partial charge < -0.3 is 16.2 Å². The highest BCUT2D eigenvalue weighted by molar-refractivity contribution is 6.30. The van der Waals surface area contributed by atoms with Crippen LogP contribution in [0.25, 0.3) is 0 Å². The average Bonchev–Trinajstić information content (AvgIpc) is 2.51. The number of nitrogens with zero attached hydrogens (tertiary/aromatic N) is 1. The Morgan fingerprint density at radius 3 is 2.65 bits per heavy atom. The van der Waals surface area contributed by atoms with E-state index in [0.29, 0.717) is 5.56 Å². The van der Waals surface area contributed by atoms with Crippen LogP contribution in [0.5, 0.6) is 0 Å². The smallest absolute Gasteiger partial charge is 0.193 e. The van der Waals surface area contributed by atoms with Crippen molar-refractivity contribution in [1.82, 2.24) is 0 Å². The van der Waals surface area contributed by atoms with Crippen LogP contribution in [0.1, 0.15) is 22.8 Å². The Balaban J connectivity index is 2.00. The first-order chi connectivity index (χ1) is 10.9. The number of guanidine groups is 1. The molecule has 6 heteroatoms. The maximum absolute atomic E-state index is 13.4. The van der Waals surface area contributed by atoms with Gasteiger partial charge in [0, 0.05) is 5.69 Å². The van der Waals surface area contributed by atoms with E-state index in [1.807, 2.05) is 32.0 Å². The summed E-state index contributed by atoms with van der Waals surface area (Å²) in [7, 11) is 0. The predicted molar refractivity (Wildman–Crippen MR) is 92.4 cm³/mol. The molecule has 4 N–H and O–H groups in total. The zero-order valence-electron chi connectivity index (χ0n) is 13.0. The van der Waals surface area contributed by atoms with E-state index in [1.54, 1.807) is 6.07 Å². The third-order valence-electron chi connectivity index (χ3n) is 3.54. The Labute approximate surface area is 139 Å². The minimum atomic E-state index is -0.957. The lowest BCUT2D eigenvalue weighted by molar-refractivity contribution is 0.187.